The Morgan fingerprint density at radius 1 is 1.70 bits per heavy atom. The van der Waals surface area contributed by atoms with Crippen molar-refractivity contribution in [3.05, 3.63) is 18.3 Å². The van der Waals surface area contributed by atoms with Crippen LogP contribution in [0.5, 0.6) is 0 Å². The van der Waals surface area contributed by atoms with Crippen molar-refractivity contribution >= 4 is 0 Å². The molecule has 1 heterocycles. The summed E-state index contributed by atoms with van der Waals surface area (Å²) in [5.41, 5.74) is 1.82. The molecule has 1 saturated heterocycles. The molecule has 2 fully saturated rings. The van der Waals surface area contributed by atoms with Gasteiger partial charge in [-0.05, 0) is 37.7 Å². The fourth-order valence-corrected chi connectivity index (χ4v) is 2.64. The molecule has 2 atom stereocenters. The zero-order chi connectivity index (χ0) is 6.77. The van der Waals surface area contributed by atoms with Crippen molar-refractivity contribution in [1.82, 2.24) is 0 Å². The van der Waals surface area contributed by atoms with Gasteiger partial charge in [0.25, 0.3) is 0 Å². The van der Waals surface area contributed by atoms with E-state index >= 15 is 0 Å². The highest BCUT2D eigenvalue weighted by atomic mass is 16.6. The predicted molar refractivity (Wildman–Crippen MR) is 38.2 cm³/mol. The van der Waals surface area contributed by atoms with E-state index in [4.69, 9.17) is 4.74 Å². The summed E-state index contributed by atoms with van der Waals surface area (Å²) >= 11 is 0. The van der Waals surface area contributed by atoms with Crippen LogP contribution in [-0.4, -0.2) is 5.60 Å². The van der Waals surface area contributed by atoms with E-state index in [0.717, 1.165) is 12.3 Å². The molecule has 2 bridgehead atoms. The second kappa shape index (κ2) is 1.27. The molecule has 3 rings (SSSR count). The fraction of sp³-hybridized carbons (Fsp3) is 0.667. The van der Waals surface area contributed by atoms with Crippen molar-refractivity contribution in [1.29, 1.82) is 0 Å². The summed E-state index contributed by atoms with van der Waals surface area (Å²) in [7, 11) is 0. The van der Waals surface area contributed by atoms with Crippen molar-refractivity contribution in [2.24, 2.45) is 5.92 Å². The minimum Gasteiger partial charge on any atom is -0.479 e. The summed E-state index contributed by atoms with van der Waals surface area (Å²) in [5.74, 6) is 2.19. The third kappa shape index (κ3) is 0.370. The van der Waals surface area contributed by atoms with E-state index in [2.05, 4.69) is 6.92 Å². The summed E-state index contributed by atoms with van der Waals surface area (Å²) in [5, 5.41) is 0. The normalized spacial score (nSPS) is 47.5. The monoisotopic (exact) mass is 135 g/mol. The molecule has 0 aromatic heterocycles. The maximum absolute atomic E-state index is 5.57. The van der Waals surface area contributed by atoms with Crippen molar-refractivity contribution < 1.29 is 4.74 Å². The first-order valence-electron chi connectivity index (χ1n) is 4.07. The van der Waals surface area contributed by atoms with Crippen molar-refractivity contribution in [3.8, 4) is 0 Å². The Bertz CT molecular complexity index is 229. The average Bonchev–Trinajstić information content (AvgIpc) is 2.36. The van der Waals surface area contributed by atoms with Crippen LogP contribution in [0.4, 0.5) is 0 Å². The van der Waals surface area contributed by atoms with Gasteiger partial charge in [-0.1, -0.05) is 0 Å². The summed E-state index contributed by atoms with van der Waals surface area (Å²) in [6.07, 6.45) is 4.90. The summed E-state index contributed by atoms with van der Waals surface area (Å²) in [6, 6.07) is 0. The zero-order valence-corrected chi connectivity index (χ0v) is 6.02. The molecule has 1 aliphatic heterocycles. The standard InChI is InChI=1S/C9H11O/c1-2-7-6-3-4-9(5-6)8(7)10-9/h6H,1-5H2. The molecule has 2 aliphatic carbocycles. The Morgan fingerprint density at radius 2 is 2.60 bits per heavy atom. The number of hydrogen-bond acceptors (Lipinski definition) is 1. The van der Waals surface area contributed by atoms with Gasteiger partial charge in [0.05, 0.1) is 0 Å². The fourth-order valence-electron chi connectivity index (χ4n) is 2.64. The Morgan fingerprint density at radius 3 is 3.10 bits per heavy atom. The van der Waals surface area contributed by atoms with Crippen LogP contribution in [0.2, 0.25) is 0 Å². The van der Waals surface area contributed by atoms with Crippen LogP contribution in [-0.2, 0) is 4.74 Å². The van der Waals surface area contributed by atoms with Gasteiger partial charge in [-0.3, -0.25) is 0 Å². The first kappa shape index (κ1) is 5.22. The SMILES string of the molecule is [CH2]CC1=C2OC23CCC1C3. The highest BCUT2D eigenvalue weighted by Gasteiger charge is 2.64. The molecular formula is C9H11O. The van der Waals surface area contributed by atoms with Crippen LogP contribution in [0.25, 0.3) is 0 Å². The van der Waals surface area contributed by atoms with Gasteiger partial charge in [0.15, 0.2) is 5.60 Å². The van der Waals surface area contributed by atoms with Crippen molar-refractivity contribution in [2.45, 2.75) is 31.3 Å². The van der Waals surface area contributed by atoms with E-state index in [1.807, 2.05) is 0 Å². The Labute approximate surface area is 61.1 Å². The molecule has 1 nitrogen and oxygen atoms in total. The third-order valence-corrected chi connectivity index (χ3v) is 3.20. The highest BCUT2D eigenvalue weighted by molar-refractivity contribution is 5.42. The molecule has 0 N–H and O–H groups in total. The lowest BCUT2D eigenvalue weighted by molar-refractivity contribution is 0.303. The average molecular weight is 135 g/mol. The van der Waals surface area contributed by atoms with E-state index in [1.165, 1.54) is 30.6 Å². The van der Waals surface area contributed by atoms with Gasteiger partial charge in [-0.2, -0.15) is 0 Å². The number of ether oxygens (including phenoxy) is 1. The molecule has 1 heteroatoms. The number of fused-ring (bicyclic) bond motifs is 1. The van der Waals surface area contributed by atoms with E-state index in [-0.39, 0.29) is 5.60 Å². The van der Waals surface area contributed by atoms with Gasteiger partial charge >= 0.3 is 0 Å². The van der Waals surface area contributed by atoms with Gasteiger partial charge in [-0.15, -0.1) is 0 Å². The molecule has 2 unspecified atom stereocenters. The van der Waals surface area contributed by atoms with Crippen LogP contribution in [0.15, 0.2) is 11.3 Å². The molecule has 1 radical (unpaired) electrons. The lowest BCUT2D eigenvalue weighted by Gasteiger charge is -2.07. The number of epoxide rings is 1. The van der Waals surface area contributed by atoms with Crippen molar-refractivity contribution in [2.75, 3.05) is 0 Å². The van der Waals surface area contributed by atoms with Gasteiger partial charge in [0, 0.05) is 6.42 Å². The lowest BCUT2D eigenvalue weighted by Crippen LogP contribution is -1.98. The Hall–Kier alpha value is -0.460. The highest BCUT2D eigenvalue weighted by Crippen LogP contribution is 2.65. The first-order valence-corrected chi connectivity index (χ1v) is 4.07. The van der Waals surface area contributed by atoms with Crippen LogP contribution in [0.3, 0.4) is 0 Å². The molecular weight excluding hydrogens is 124 g/mol. The van der Waals surface area contributed by atoms with Crippen LogP contribution in [0.1, 0.15) is 25.7 Å². The second-order valence-electron chi connectivity index (χ2n) is 3.64. The molecule has 0 aromatic carbocycles. The van der Waals surface area contributed by atoms with Gasteiger partial charge in [-0.25, -0.2) is 0 Å². The largest absolute Gasteiger partial charge is 0.479 e. The Kier molecular flexibility index (Phi) is 0.664. The lowest BCUT2D eigenvalue weighted by atomic mass is 9.97. The van der Waals surface area contributed by atoms with Crippen LogP contribution < -0.4 is 0 Å². The number of rotatable bonds is 1. The minimum atomic E-state index is 0.289. The number of allylic oxidation sites excluding steroid dienone is 1. The van der Waals surface area contributed by atoms with E-state index in [9.17, 15) is 0 Å². The Balaban J connectivity index is 2.10. The second-order valence-corrected chi connectivity index (χ2v) is 3.64. The topological polar surface area (TPSA) is 12.5 Å². The quantitative estimate of drug-likeness (QED) is 0.501. The van der Waals surface area contributed by atoms with Crippen LogP contribution >= 0.6 is 0 Å². The van der Waals surface area contributed by atoms with Gasteiger partial charge in [0.2, 0.25) is 0 Å². The maximum Gasteiger partial charge on any atom is 0.166 e. The molecule has 53 valence electrons. The molecule has 0 aromatic rings. The molecule has 0 amide bonds. The predicted octanol–water partition coefficient (Wildman–Crippen LogP) is 2.05. The molecule has 10 heavy (non-hydrogen) atoms. The van der Waals surface area contributed by atoms with E-state index < -0.39 is 0 Å². The summed E-state index contributed by atoms with van der Waals surface area (Å²) in [6.45, 7) is 3.92. The third-order valence-electron chi connectivity index (χ3n) is 3.20. The van der Waals surface area contributed by atoms with E-state index in [0.29, 0.717) is 0 Å². The molecule has 1 spiro atoms. The van der Waals surface area contributed by atoms with Crippen LogP contribution in [0, 0.1) is 12.8 Å². The number of hydrogen-bond donors (Lipinski definition) is 0. The van der Waals surface area contributed by atoms with E-state index in [1.54, 1.807) is 0 Å². The van der Waals surface area contributed by atoms with Gasteiger partial charge < -0.3 is 4.74 Å². The zero-order valence-electron chi connectivity index (χ0n) is 6.02. The smallest absolute Gasteiger partial charge is 0.166 e. The van der Waals surface area contributed by atoms with Crippen molar-refractivity contribution in [3.63, 3.8) is 0 Å². The first-order chi connectivity index (χ1) is 4.86. The minimum absolute atomic E-state index is 0.289. The van der Waals surface area contributed by atoms with Gasteiger partial charge in [0.1, 0.15) is 5.76 Å². The maximum atomic E-state index is 5.57. The summed E-state index contributed by atoms with van der Waals surface area (Å²) < 4.78 is 5.57. The summed E-state index contributed by atoms with van der Waals surface area (Å²) in [4.78, 5) is 0. The molecule has 3 aliphatic rings. The molecule has 1 saturated carbocycles.